The van der Waals surface area contributed by atoms with Gasteiger partial charge in [-0.1, -0.05) is 5.16 Å². The van der Waals surface area contributed by atoms with E-state index in [2.05, 4.69) is 10.5 Å². The van der Waals surface area contributed by atoms with Gasteiger partial charge >= 0.3 is 5.97 Å². The Morgan fingerprint density at radius 1 is 1.53 bits per heavy atom. The fraction of sp³-hybridized carbons (Fsp3) is 0.545. The molecule has 92 valence electrons. The number of nitrogens with zero attached hydrogens (tertiary/aromatic N) is 1. The third-order valence-corrected chi connectivity index (χ3v) is 3.11. The van der Waals surface area contributed by atoms with Crippen LogP contribution in [0.25, 0.3) is 0 Å². The minimum atomic E-state index is -0.789. The summed E-state index contributed by atoms with van der Waals surface area (Å²) >= 11 is 0. The van der Waals surface area contributed by atoms with Crippen molar-refractivity contribution in [2.45, 2.75) is 32.2 Å². The topological polar surface area (TPSA) is 92.4 Å². The van der Waals surface area contributed by atoms with E-state index in [-0.39, 0.29) is 17.9 Å². The first kappa shape index (κ1) is 11.6. The summed E-state index contributed by atoms with van der Waals surface area (Å²) in [5.74, 6) is -0.915. The van der Waals surface area contributed by atoms with E-state index in [1.165, 1.54) is 6.20 Å². The lowest BCUT2D eigenvalue weighted by molar-refractivity contribution is -0.141. The largest absolute Gasteiger partial charge is 0.481 e. The first-order valence-electron chi connectivity index (χ1n) is 5.53. The molecule has 1 aliphatic carbocycles. The first-order valence-corrected chi connectivity index (χ1v) is 5.53. The van der Waals surface area contributed by atoms with Crippen molar-refractivity contribution in [2.24, 2.45) is 5.92 Å². The van der Waals surface area contributed by atoms with Crippen LogP contribution in [-0.4, -0.2) is 28.2 Å². The smallest absolute Gasteiger partial charge is 0.306 e. The third kappa shape index (κ3) is 2.46. The van der Waals surface area contributed by atoms with E-state index in [0.717, 1.165) is 0 Å². The van der Waals surface area contributed by atoms with Crippen molar-refractivity contribution in [3.63, 3.8) is 0 Å². The van der Waals surface area contributed by atoms with Crippen LogP contribution in [0.1, 0.15) is 35.4 Å². The van der Waals surface area contributed by atoms with E-state index in [4.69, 9.17) is 9.63 Å². The Hall–Kier alpha value is -1.85. The zero-order chi connectivity index (χ0) is 12.4. The maximum atomic E-state index is 11.8. The van der Waals surface area contributed by atoms with Gasteiger partial charge in [0.25, 0.3) is 5.91 Å². The van der Waals surface area contributed by atoms with Gasteiger partial charge in [-0.3, -0.25) is 9.59 Å². The minimum Gasteiger partial charge on any atom is -0.481 e. The molecule has 2 atom stereocenters. The van der Waals surface area contributed by atoms with Crippen LogP contribution in [0.15, 0.2) is 10.7 Å². The lowest BCUT2D eigenvalue weighted by atomic mass is 10.1. The number of hydrogen-bond donors (Lipinski definition) is 2. The van der Waals surface area contributed by atoms with Gasteiger partial charge in [-0.05, 0) is 26.2 Å². The Morgan fingerprint density at radius 2 is 2.29 bits per heavy atom. The summed E-state index contributed by atoms with van der Waals surface area (Å²) in [5.41, 5.74) is 0.406. The number of aryl methyl sites for hydroxylation is 1. The molecule has 0 aromatic carbocycles. The van der Waals surface area contributed by atoms with Gasteiger partial charge in [0.2, 0.25) is 0 Å². The second kappa shape index (κ2) is 4.57. The number of amides is 1. The summed E-state index contributed by atoms with van der Waals surface area (Å²) in [5, 5.41) is 15.2. The molecule has 0 radical (unpaired) electrons. The van der Waals surface area contributed by atoms with E-state index in [1.807, 2.05) is 0 Å². The molecule has 1 aromatic rings. The number of carboxylic acid groups (broad SMARTS) is 1. The molecule has 17 heavy (non-hydrogen) atoms. The molecular formula is C11H14N2O4. The van der Waals surface area contributed by atoms with Gasteiger partial charge in [-0.2, -0.15) is 0 Å². The van der Waals surface area contributed by atoms with Gasteiger partial charge < -0.3 is 14.9 Å². The molecule has 1 heterocycles. The standard InChI is InChI=1S/C11H14N2O4/c1-6-9(5-12-17-6)10(14)13-8-3-2-7(4-8)11(15)16/h5,7-8H,2-4H2,1H3,(H,13,14)(H,15,16)/t7-,8+/m1/s1. The van der Waals surface area contributed by atoms with Gasteiger partial charge in [0.05, 0.1) is 12.1 Å². The molecule has 6 heteroatoms. The van der Waals surface area contributed by atoms with Gasteiger partial charge in [-0.15, -0.1) is 0 Å². The van der Waals surface area contributed by atoms with Crippen LogP contribution in [0.3, 0.4) is 0 Å². The Labute approximate surface area is 98.0 Å². The number of aliphatic carboxylic acids is 1. The Kier molecular flexibility index (Phi) is 3.12. The van der Waals surface area contributed by atoms with Crippen molar-refractivity contribution in [2.75, 3.05) is 0 Å². The van der Waals surface area contributed by atoms with Crippen LogP contribution < -0.4 is 5.32 Å². The van der Waals surface area contributed by atoms with E-state index in [9.17, 15) is 9.59 Å². The summed E-state index contributed by atoms with van der Waals surface area (Å²) in [6.07, 6.45) is 3.18. The lowest BCUT2D eigenvalue weighted by Gasteiger charge is -2.11. The quantitative estimate of drug-likeness (QED) is 0.818. The maximum absolute atomic E-state index is 11.8. The Morgan fingerprint density at radius 3 is 2.82 bits per heavy atom. The summed E-state index contributed by atoms with van der Waals surface area (Å²) < 4.78 is 4.80. The summed E-state index contributed by atoms with van der Waals surface area (Å²) in [7, 11) is 0. The highest BCUT2D eigenvalue weighted by molar-refractivity contribution is 5.95. The lowest BCUT2D eigenvalue weighted by Crippen LogP contribution is -2.33. The number of carbonyl (C=O) groups excluding carboxylic acids is 1. The maximum Gasteiger partial charge on any atom is 0.306 e. The molecule has 1 aliphatic rings. The minimum absolute atomic E-state index is 0.0714. The second-order valence-electron chi connectivity index (χ2n) is 4.31. The zero-order valence-electron chi connectivity index (χ0n) is 9.47. The predicted octanol–water partition coefficient (Wildman–Crippen LogP) is 0.966. The van der Waals surface area contributed by atoms with Crippen LogP contribution in [0, 0.1) is 12.8 Å². The molecule has 0 bridgehead atoms. The van der Waals surface area contributed by atoms with Crippen LogP contribution in [-0.2, 0) is 4.79 Å². The van der Waals surface area contributed by atoms with Gasteiger partial charge in [0.15, 0.2) is 0 Å². The molecule has 2 N–H and O–H groups in total. The monoisotopic (exact) mass is 238 g/mol. The molecule has 0 unspecified atom stereocenters. The fourth-order valence-electron chi connectivity index (χ4n) is 2.12. The second-order valence-corrected chi connectivity index (χ2v) is 4.31. The van der Waals surface area contributed by atoms with E-state index in [1.54, 1.807) is 6.92 Å². The van der Waals surface area contributed by atoms with Crippen molar-refractivity contribution < 1.29 is 19.2 Å². The molecule has 1 fully saturated rings. The molecule has 1 saturated carbocycles. The highest BCUT2D eigenvalue weighted by Gasteiger charge is 2.31. The fourth-order valence-corrected chi connectivity index (χ4v) is 2.12. The number of aromatic nitrogens is 1. The highest BCUT2D eigenvalue weighted by atomic mass is 16.5. The normalized spacial score (nSPS) is 23.6. The van der Waals surface area contributed by atoms with Crippen molar-refractivity contribution in [1.29, 1.82) is 0 Å². The highest BCUT2D eigenvalue weighted by Crippen LogP contribution is 2.25. The number of carboxylic acids is 1. The average molecular weight is 238 g/mol. The zero-order valence-corrected chi connectivity index (χ0v) is 9.47. The van der Waals surface area contributed by atoms with Crippen LogP contribution >= 0.6 is 0 Å². The molecule has 2 rings (SSSR count). The van der Waals surface area contributed by atoms with Gasteiger partial charge in [0.1, 0.15) is 11.3 Å². The summed E-state index contributed by atoms with van der Waals surface area (Å²) in [6.45, 7) is 1.66. The average Bonchev–Trinajstić information content (AvgIpc) is 2.86. The van der Waals surface area contributed by atoms with Gasteiger partial charge in [-0.25, -0.2) is 0 Å². The summed E-state index contributed by atoms with van der Waals surface area (Å²) in [6, 6.07) is -0.0714. The van der Waals surface area contributed by atoms with Gasteiger partial charge in [0, 0.05) is 6.04 Å². The van der Waals surface area contributed by atoms with Crippen molar-refractivity contribution in [3.8, 4) is 0 Å². The van der Waals surface area contributed by atoms with Crippen LogP contribution in [0.2, 0.25) is 0 Å². The van der Waals surface area contributed by atoms with Crippen molar-refractivity contribution >= 4 is 11.9 Å². The van der Waals surface area contributed by atoms with Crippen molar-refractivity contribution in [1.82, 2.24) is 10.5 Å². The molecule has 1 aromatic heterocycles. The number of nitrogens with one attached hydrogen (secondary N) is 1. The van der Waals surface area contributed by atoms with E-state index in [0.29, 0.717) is 30.6 Å². The Balaban J connectivity index is 1.93. The third-order valence-electron chi connectivity index (χ3n) is 3.11. The van der Waals surface area contributed by atoms with Crippen LogP contribution in [0.4, 0.5) is 0 Å². The molecule has 0 spiro atoms. The Bertz CT molecular complexity index is 440. The molecule has 0 aliphatic heterocycles. The summed E-state index contributed by atoms with van der Waals surface area (Å²) in [4.78, 5) is 22.6. The first-order chi connectivity index (χ1) is 8.08. The molecule has 1 amide bonds. The number of carbonyl (C=O) groups is 2. The number of rotatable bonds is 3. The van der Waals surface area contributed by atoms with E-state index < -0.39 is 5.97 Å². The molecule has 6 nitrogen and oxygen atoms in total. The number of hydrogen-bond acceptors (Lipinski definition) is 4. The van der Waals surface area contributed by atoms with Crippen LogP contribution in [0.5, 0.6) is 0 Å². The molecular weight excluding hydrogens is 224 g/mol. The molecule has 0 saturated heterocycles. The van der Waals surface area contributed by atoms with Crippen molar-refractivity contribution in [3.05, 3.63) is 17.5 Å². The van der Waals surface area contributed by atoms with E-state index >= 15 is 0 Å². The predicted molar refractivity (Wildman–Crippen MR) is 57.5 cm³/mol. The SMILES string of the molecule is Cc1oncc1C(=O)N[C@H]1CC[C@@H](C(=O)O)C1.